The van der Waals surface area contributed by atoms with Gasteiger partial charge in [0.2, 0.25) is 0 Å². The van der Waals surface area contributed by atoms with Crippen molar-refractivity contribution >= 4 is 11.9 Å². The number of allylic oxidation sites excluding steroid dienone is 3. The molecule has 0 bridgehead atoms. The Kier molecular flexibility index (Phi) is 10.1. The molecule has 0 aliphatic heterocycles. The maximum Gasteiger partial charge on any atom is 0.333 e. The summed E-state index contributed by atoms with van der Waals surface area (Å²) in [6.45, 7) is 4.03. The van der Waals surface area contributed by atoms with Crippen LogP contribution in [-0.2, 0) is 20.7 Å². The molecule has 0 aliphatic carbocycles. The van der Waals surface area contributed by atoms with E-state index in [0.717, 1.165) is 24.8 Å². The van der Waals surface area contributed by atoms with Crippen LogP contribution in [0.3, 0.4) is 0 Å². The summed E-state index contributed by atoms with van der Waals surface area (Å²) in [5.74, 6) is -1.52. The van der Waals surface area contributed by atoms with Crippen molar-refractivity contribution in [2.24, 2.45) is 5.92 Å². The summed E-state index contributed by atoms with van der Waals surface area (Å²) < 4.78 is 9.85. The van der Waals surface area contributed by atoms with Gasteiger partial charge in [0.1, 0.15) is 0 Å². The van der Waals surface area contributed by atoms with Crippen LogP contribution in [0.1, 0.15) is 57.9 Å². The SMILES string of the molecule is COC(=O)C(=CCCC(CCCc1ccoc1)C(=O)O)CCC=C(C)C. The molecule has 0 spiro atoms. The van der Waals surface area contributed by atoms with Crippen LogP contribution in [0.5, 0.6) is 0 Å². The molecule has 0 radical (unpaired) electrons. The number of aryl methyl sites for hydroxylation is 1. The van der Waals surface area contributed by atoms with E-state index < -0.39 is 11.9 Å². The monoisotopic (exact) mass is 362 g/mol. The van der Waals surface area contributed by atoms with E-state index in [4.69, 9.17) is 9.15 Å². The fraction of sp³-hybridized carbons (Fsp3) is 0.524. The number of hydrogen-bond acceptors (Lipinski definition) is 4. The molecule has 1 N–H and O–H groups in total. The van der Waals surface area contributed by atoms with E-state index in [9.17, 15) is 14.7 Å². The molecular formula is C21H30O5. The van der Waals surface area contributed by atoms with Gasteiger partial charge < -0.3 is 14.3 Å². The molecule has 1 atom stereocenters. The number of carboxylic acid groups (broad SMARTS) is 1. The molecule has 0 saturated carbocycles. The summed E-state index contributed by atoms with van der Waals surface area (Å²) in [5, 5.41) is 9.41. The lowest BCUT2D eigenvalue weighted by molar-refractivity contribution is -0.142. The maximum absolute atomic E-state index is 11.9. The van der Waals surface area contributed by atoms with Gasteiger partial charge in [-0.15, -0.1) is 0 Å². The molecule has 0 aliphatic rings. The summed E-state index contributed by atoms with van der Waals surface area (Å²) in [6, 6.07) is 1.90. The maximum atomic E-state index is 11.9. The predicted octanol–water partition coefficient (Wildman–Crippen LogP) is 4.93. The van der Waals surface area contributed by atoms with Crippen molar-refractivity contribution in [1.82, 2.24) is 0 Å². The number of ether oxygens (including phenoxy) is 1. The largest absolute Gasteiger partial charge is 0.481 e. The lowest BCUT2D eigenvalue weighted by atomic mass is 9.95. The van der Waals surface area contributed by atoms with Crippen LogP contribution in [0.2, 0.25) is 0 Å². The van der Waals surface area contributed by atoms with Crippen LogP contribution in [0.4, 0.5) is 0 Å². The average molecular weight is 362 g/mol. The number of furan rings is 1. The fourth-order valence-electron chi connectivity index (χ4n) is 2.77. The summed E-state index contributed by atoms with van der Waals surface area (Å²) in [4.78, 5) is 23.3. The van der Waals surface area contributed by atoms with Gasteiger partial charge in [-0.3, -0.25) is 4.79 Å². The smallest absolute Gasteiger partial charge is 0.333 e. The highest BCUT2D eigenvalue weighted by Gasteiger charge is 2.17. The van der Waals surface area contributed by atoms with E-state index in [1.165, 1.54) is 12.7 Å². The molecule has 0 fully saturated rings. The molecule has 1 aromatic rings. The summed E-state index contributed by atoms with van der Waals surface area (Å²) in [7, 11) is 1.37. The fourth-order valence-corrected chi connectivity index (χ4v) is 2.77. The van der Waals surface area contributed by atoms with Crippen molar-refractivity contribution in [3.05, 3.63) is 47.5 Å². The third-order valence-electron chi connectivity index (χ3n) is 4.27. The minimum atomic E-state index is -0.783. The second kappa shape index (κ2) is 12.1. The van der Waals surface area contributed by atoms with Crippen LogP contribution in [0, 0.1) is 5.92 Å². The van der Waals surface area contributed by atoms with Gasteiger partial charge in [0, 0.05) is 5.57 Å². The molecule has 5 heteroatoms. The van der Waals surface area contributed by atoms with E-state index in [0.29, 0.717) is 31.3 Å². The molecule has 0 amide bonds. The van der Waals surface area contributed by atoms with Crippen molar-refractivity contribution in [3.8, 4) is 0 Å². The topological polar surface area (TPSA) is 76.7 Å². The first-order valence-corrected chi connectivity index (χ1v) is 9.08. The van der Waals surface area contributed by atoms with E-state index in [2.05, 4.69) is 6.08 Å². The van der Waals surface area contributed by atoms with Gasteiger partial charge in [-0.1, -0.05) is 17.7 Å². The Bertz CT molecular complexity index is 606. The van der Waals surface area contributed by atoms with Crippen molar-refractivity contribution in [2.45, 2.75) is 58.8 Å². The Hall–Kier alpha value is -2.30. The van der Waals surface area contributed by atoms with Crippen molar-refractivity contribution in [1.29, 1.82) is 0 Å². The van der Waals surface area contributed by atoms with E-state index in [-0.39, 0.29) is 5.97 Å². The minimum Gasteiger partial charge on any atom is -0.481 e. The first-order chi connectivity index (χ1) is 12.4. The Morgan fingerprint density at radius 3 is 2.58 bits per heavy atom. The third-order valence-corrected chi connectivity index (χ3v) is 4.27. The number of carbonyl (C=O) groups excluding carboxylic acids is 1. The highest BCUT2D eigenvalue weighted by atomic mass is 16.5. The second-order valence-electron chi connectivity index (χ2n) is 6.68. The quantitative estimate of drug-likeness (QED) is 0.324. The van der Waals surface area contributed by atoms with Gasteiger partial charge in [0.15, 0.2) is 0 Å². The van der Waals surface area contributed by atoms with E-state index in [1.54, 1.807) is 12.5 Å². The Balaban J connectivity index is 2.52. The average Bonchev–Trinajstić information content (AvgIpc) is 3.11. The summed E-state index contributed by atoms with van der Waals surface area (Å²) in [5.41, 5.74) is 2.91. The molecule has 1 heterocycles. The number of aliphatic carboxylic acids is 1. The van der Waals surface area contributed by atoms with Crippen LogP contribution >= 0.6 is 0 Å². The molecule has 0 saturated heterocycles. The van der Waals surface area contributed by atoms with Crippen molar-refractivity contribution in [3.63, 3.8) is 0 Å². The van der Waals surface area contributed by atoms with Crippen LogP contribution < -0.4 is 0 Å². The summed E-state index contributed by atoms with van der Waals surface area (Å²) >= 11 is 0. The summed E-state index contributed by atoms with van der Waals surface area (Å²) in [6.07, 6.45) is 11.9. The number of rotatable bonds is 12. The highest BCUT2D eigenvalue weighted by Crippen LogP contribution is 2.19. The van der Waals surface area contributed by atoms with Crippen LogP contribution in [0.15, 0.2) is 46.3 Å². The lowest BCUT2D eigenvalue weighted by Crippen LogP contribution is -2.14. The van der Waals surface area contributed by atoms with E-state index >= 15 is 0 Å². The highest BCUT2D eigenvalue weighted by molar-refractivity contribution is 5.88. The van der Waals surface area contributed by atoms with Gasteiger partial charge in [0.25, 0.3) is 0 Å². The Morgan fingerprint density at radius 1 is 1.23 bits per heavy atom. The Morgan fingerprint density at radius 2 is 2.00 bits per heavy atom. The van der Waals surface area contributed by atoms with Gasteiger partial charge in [-0.2, -0.15) is 0 Å². The molecule has 1 rings (SSSR count). The second-order valence-corrected chi connectivity index (χ2v) is 6.68. The van der Waals surface area contributed by atoms with Gasteiger partial charge in [0.05, 0.1) is 25.6 Å². The van der Waals surface area contributed by atoms with Gasteiger partial charge in [-0.25, -0.2) is 4.79 Å². The van der Waals surface area contributed by atoms with Gasteiger partial charge >= 0.3 is 11.9 Å². The zero-order chi connectivity index (χ0) is 19.4. The number of carbonyl (C=O) groups is 2. The number of hydrogen-bond donors (Lipinski definition) is 1. The number of esters is 1. The minimum absolute atomic E-state index is 0.334. The van der Waals surface area contributed by atoms with Crippen molar-refractivity contribution < 1.29 is 23.8 Å². The first-order valence-electron chi connectivity index (χ1n) is 9.08. The number of methoxy groups -OCH3 is 1. The lowest BCUT2D eigenvalue weighted by Gasteiger charge is -2.11. The molecular weight excluding hydrogens is 332 g/mol. The zero-order valence-electron chi connectivity index (χ0n) is 16.0. The standard InChI is InChI=1S/C21H30O5/c1-16(2)7-4-11-19(21(24)25-3)12-6-10-18(20(22)23)9-5-8-17-13-14-26-15-17/h7,12-15,18H,4-6,8-11H2,1-3H3,(H,22,23). The molecule has 1 unspecified atom stereocenters. The zero-order valence-corrected chi connectivity index (χ0v) is 16.0. The first kappa shape index (κ1) is 21.7. The van der Waals surface area contributed by atoms with Gasteiger partial charge in [-0.05, 0) is 70.4 Å². The molecule has 144 valence electrons. The van der Waals surface area contributed by atoms with Crippen LogP contribution in [0.25, 0.3) is 0 Å². The molecule has 0 aromatic carbocycles. The predicted molar refractivity (Wildman–Crippen MR) is 101 cm³/mol. The third kappa shape index (κ3) is 8.70. The van der Waals surface area contributed by atoms with E-state index in [1.807, 2.05) is 26.0 Å². The van der Waals surface area contributed by atoms with Crippen molar-refractivity contribution in [2.75, 3.05) is 7.11 Å². The van der Waals surface area contributed by atoms with Crippen LogP contribution in [-0.4, -0.2) is 24.2 Å². The molecule has 1 aromatic heterocycles. The Labute approximate surface area is 155 Å². The molecule has 5 nitrogen and oxygen atoms in total. The number of carboxylic acids is 1. The normalized spacial score (nSPS) is 12.5. The molecule has 26 heavy (non-hydrogen) atoms.